The minimum absolute atomic E-state index is 0.245. The van der Waals surface area contributed by atoms with E-state index in [9.17, 15) is 4.39 Å². The van der Waals surface area contributed by atoms with E-state index < -0.39 is 0 Å². The fourth-order valence-corrected chi connectivity index (χ4v) is 2.07. The zero-order chi connectivity index (χ0) is 13.7. The van der Waals surface area contributed by atoms with Gasteiger partial charge < -0.3 is 10.1 Å². The van der Waals surface area contributed by atoms with Crippen molar-refractivity contribution in [1.29, 1.82) is 0 Å². The van der Waals surface area contributed by atoms with Crippen LogP contribution in [0.25, 0.3) is 0 Å². The molecule has 0 bridgehead atoms. The predicted octanol–water partition coefficient (Wildman–Crippen LogP) is 3.28. The lowest BCUT2D eigenvalue weighted by atomic mass is 10.2. The van der Waals surface area contributed by atoms with E-state index in [0.29, 0.717) is 23.4 Å². The lowest BCUT2D eigenvalue weighted by Gasteiger charge is -2.07. The molecule has 0 aliphatic carbocycles. The number of hydrogen-bond acceptors (Lipinski definition) is 3. The van der Waals surface area contributed by atoms with Crippen LogP contribution in [-0.4, -0.2) is 12.1 Å². The number of hydrogen-bond donors (Lipinski definition) is 1. The van der Waals surface area contributed by atoms with Gasteiger partial charge >= 0.3 is 0 Å². The summed E-state index contributed by atoms with van der Waals surface area (Å²) in [6.07, 6.45) is 1.76. The van der Waals surface area contributed by atoms with Gasteiger partial charge in [0.15, 0.2) is 0 Å². The van der Waals surface area contributed by atoms with Crippen molar-refractivity contribution in [2.45, 2.75) is 13.1 Å². The molecule has 0 saturated carbocycles. The highest BCUT2D eigenvalue weighted by molar-refractivity contribution is 9.10. The van der Waals surface area contributed by atoms with Gasteiger partial charge in [-0.15, -0.1) is 0 Å². The largest absolute Gasteiger partial charge is 0.481 e. The molecule has 1 aromatic carbocycles. The Morgan fingerprint density at radius 1 is 1.26 bits per heavy atom. The zero-order valence-corrected chi connectivity index (χ0v) is 12.1. The normalized spacial score (nSPS) is 10.5. The number of benzene rings is 1. The van der Waals surface area contributed by atoms with E-state index in [0.717, 1.165) is 11.1 Å². The van der Waals surface area contributed by atoms with E-state index in [2.05, 4.69) is 26.2 Å². The summed E-state index contributed by atoms with van der Waals surface area (Å²) < 4.78 is 18.8. The van der Waals surface area contributed by atoms with Crippen molar-refractivity contribution in [2.75, 3.05) is 7.11 Å². The summed E-state index contributed by atoms with van der Waals surface area (Å²) in [5.41, 5.74) is 1.94. The van der Waals surface area contributed by atoms with Crippen LogP contribution >= 0.6 is 15.9 Å². The first-order chi connectivity index (χ1) is 9.20. The van der Waals surface area contributed by atoms with Gasteiger partial charge in [0.05, 0.1) is 11.6 Å². The van der Waals surface area contributed by atoms with Crippen LogP contribution < -0.4 is 10.1 Å². The summed E-state index contributed by atoms with van der Waals surface area (Å²) in [6, 6.07) is 8.77. The molecule has 2 aromatic rings. The van der Waals surface area contributed by atoms with Gasteiger partial charge in [-0.25, -0.2) is 9.37 Å². The Balaban J connectivity index is 1.90. The Bertz CT molecular complexity index is 546. The summed E-state index contributed by atoms with van der Waals surface area (Å²) in [5, 5.41) is 3.25. The van der Waals surface area contributed by atoms with Gasteiger partial charge in [0.2, 0.25) is 5.88 Å². The molecule has 100 valence electrons. The molecule has 1 heterocycles. The summed E-state index contributed by atoms with van der Waals surface area (Å²) >= 11 is 3.24. The molecule has 3 nitrogen and oxygen atoms in total. The quantitative estimate of drug-likeness (QED) is 0.916. The first kappa shape index (κ1) is 14.0. The molecule has 0 aliphatic heterocycles. The van der Waals surface area contributed by atoms with Crippen LogP contribution in [0.5, 0.6) is 5.88 Å². The van der Waals surface area contributed by atoms with Crippen LogP contribution in [-0.2, 0) is 13.1 Å². The van der Waals surface area contributed by atoms with Gasteiger partial charge in [0, 0.05) is 25.4 Å². The number of methoxy groups -OCH3 is 1. The SMILES string of the molecule is COc1ccc(CNCc2cccc(F)c2Br)cn1. The molecule has 0 unspecified atom stereocenters. The van der Waals surface area contributed by atoms with E-state index in [1.165, 1.54) is 6.07 Å². The Kier molecular flexibility index (Phi) is 4.87. The molecule has 0 spiro atoms. The van der Waals surface area contributed by atoms with Gasteiger partial charge in [-0.05, 0) is 33.1 Å². The molecule has 2 rings (SSSR count). The lowest BCUT2D eigenvalue weighted by Crippen LogP contribution is -2.13. The van der Waals surface area contributed by atoms with E-state index in [1.807, 2.05) is 18.2 Å². The minimum atomic E-state index is -0.245. The first-order valence-electron chi connectivity index (χ1n) is 5.83. The smallest absolute Gasteiger partial charge is 0.212 e. The van der Waals surface area contributed by atoms with Crippen molar-refractivity contribution in [1.82, 2.24) is 10.3 Å². The van der Waals surface area contributed by atoms with Gasteiger partial charge in [0.25, 0.3) is 0 Å². The van der Waals surface area contributed by atoms with Crippen LogP contribution in [0.1, 0.15) is 11.1 Å². The molecular formula is C14H14BrFN2O. The number of nitrogens with zero attached hydrogens (tertiary/aromatic N) is 1. The highest BCUT2D eigenvalue weighted by atomic mass is 79.9. The van der Waals surface area contributed by atoms with Crippen molar-refractivity contribution in [3.63, 3.8) is 0 Å². The molecule has 1 N–H and O–H groups in total. The standard InChI is InChI=1S/C14H14BrFN2O/c1-19-13-6-5-10(8-18-13)7-17-9-11-3-2-4-12(16)14(11)15/h2-6,8,17H,7,9H2,1H3. The van der Waals surface area contributed by atoms with Crippen molar-refractivity contribution in [2.24, 2.45) is 0 Å². The number of ether oxygens (including phenoxy) is 1. The number of nitrogens with one attached hydrogen (secondary N) is 1. The predicted molar refractivity (Wildman–Crippen MR) is 75.4 cm³/mol. The number of aromatic nitrogens is 1. The zero-order valence-electron chi connectivity index (χ0n) is 10.5. The third-order valence-electron chi connectivity index (χ3n) is 2.68. The average Bonchev–Trinajstić information content (AvgIpc) is 2.44. The maximum atomic E-state index is 13.3. The molecule has 0 radical (unpaired) electrons. The van der Waals surface area contributed by atoms with Gasteiger partial charge in [-0.3, -0.25) is 0 Å². The van der Waals surface area contributed by atoms with Crippen LogP contribution in [0.2, 0.25) is 0 Å². The van der Waals surface area contributed by atoms with E-state index in [4.69, 9.17) is 4.74 Å². The molecule has 5 heteroatoms. The molecular weight excluding hydrogens is 311 g/mol. The second-order valence-electron chi connectivity index (χ2n) is 4.03. The third kappa shape index (κ3) is 3.75. The average molecular weight is 325 g/mol. The Morgan fingerprint density at radius 3 is 2.79 bits per heavy atom. The minimum Gasteiger partial charge on any atom is -0.481 e. The number of pyridine rings is 1. The Labute approximate surface area is 119 Å². The highest BCUT2D eigenvalue weighted by Crippen LogP contribution is 2.20. The molecule has 1 aromatic heterocycles. The van der Waals surface area contributed by atoms with Gasteiger partial charge in [0.1, 0.15) is 5.82 Å². The highest BCUT2D eigenvalue weighted by Gasteiger charge is 2.04. The summed E-state index contributed by atoms with van der Waals surface area (Å²) in [6.45, 7) is 1.25. The van der Waals surface area contributed by atoms with Crippen molar-refractivity contribution in [3.8, 4) is 5.88 Å². The molecule has 0 aliphatic rings. The van der Waals surface area contributed by atoms with Crippen LogP contribution in [0, 0.1) is 5.82 Å². The second kappa shape index (κ2) is 6.63. The topological polar surface area (TPSA) is 34.1 Å². The fourth-order valence-electron chi connectivity index (χ4n) is 1.66. The summed E-state index contributed by atoms with van der Waals surface area (Å²) in [4.78, 5) is 4.12. The number of halogens is 2. The number of rotatable bonds is 5. The van der Waals surface area contributed by atoms with Gasteiger partial charge in [-0.2, -0.15) is 0 Å². The van der Waals surface area contributed by atoms with Gasteiger partial charge in [-0.1, -0.05) is 18.2 Å². The molecule has 0 amide bonds. The molecule has 19 heavy (non-hydrogen) atoms. The van der Waals surface area contributed by atoms with Crippen molar-refractivity contribution in [3.05, 3.63) is 57.9 Å². The maximum Gasteiger partial charge on any atom is 0.212 e. The fraction of sp³-hybridized carbons (Fsp3) is 0.214. The third-order valence-corrected chi connectivity index (χ3v) is 3.57. The van der Waals surface area contributed by atoms with E-state index >= 15 is 0 Å². The van der Waals surface area contributed by atoms with E-state index in [-0.39, 0.29) is 5.82 Å². The summed E-state index contributed by atoms with van der Waals surface area (Å²) in [5.74, 6) is 0.349. The molecule has 0 fully saturated rings. The first-order valence-corrected chi connectivity index (χ1v) is 6.62. The monoisotopic (exact) mass is 324 g/mol. The maximum absolute atomic E-state index is 13.3. The molecule has 0 atom stereocenters. The molecule has 0 saturated heterocycles. The van der Waals surface area contributed by atoms with Crippen LogP contribution in [0.4, 0.5) is 4.39 Å². The second-order valence-corrected chi connectivity index (χ2v) is 4.82. The van der Waals surface area contributed by atoms with Crippen LogP contribution in [0.15, 0.2) is 41.0 Å². The Morgan fingerprint density at radius 2 is 2.11 bits per heavy atom. The van der Waals surface area contributed by atoms with Crippen LogP contribution in [0.3, 0.4) is 0 Å². The van der Waals surface area contributed by atoms with E-state index in [1.54, 1.807) is 19.4 Å². The summed E-state index contributed by atoms with van der Waals surface area (Å²) in [7, 11) is 1.59. The Hall–Kier alpha value is -1.46. The van der Waals surface area contributed by atoms with Crippen molar-refractivity contribution >= 4 is 15.9 Å². The lowest BCUT2D eigenvalue weighted by molar-refractivity contribution is 0.397. The van der Waals surface area contributed by atoms with Crippen molar-refractivity contribution < 1.29 is 9.13 Å².